The van der Waals surface area contributed by atoms with Crippen molar-refractivity contribution in [1.82, 2.24) is 10.2 Å². The summed E-state index contributed by atoms with van der Waals surface area (Å²) in [5.41, 5.74) is 0.437. The van der Waals surface area contributed by atoms with Gasteiger partial charge in [0.15, 0.2) is 0 Å². The van der Waals surface area contributed by atoms with Crippen molar-refractivity contribution in [2.75, 3.05) is 25.5 Å². The summed E-state index contributed by atoms with van der Waals surface area (Å²) in [4.78, 5) is 47.0. The lowest BCUT2D eigenvalue weighted by Gasteiger charge is -2.13. The van der Waals surface area contributed by atoms with Crippen molar-refractivity contribution in [3.05, 3.63) is 29.8 Å². The maximum atomic E-state index is 11.9. The molecule has 110 valence electrons. The number of hydrogen-bond donors (Lipinski definition) is 2. The maximum Gasteiger partial charge on any atom is 0.339 e. The molecule has 1 fully saturated rings. The highest BCUT2D eigenvalue weighted by molar-refractivity contribution is 6.07. The minimum Gasteiger partial charge on any atom is -0.465 e. The van der Waals surface area contributed by atoms with Gasteiger partial charge in [-0.3, -0.25) is 14.5 Å². The van der Waals surface area contributed by atoms with E-state index < -0.39 is 30.4 Å². The third kappa shape index (κ3) is 3.16. The number of amides is 4. The van der Waals surface area contributed by atoms with Crippen molar-refractivity contribution in [2.45, 2.75) is 0 Å². The van der Waals surface area contributed by atoms with Crippen molar-refractivity contribution in [1.29, 1.82) is 0 Å². The van der Waals surface area contributed by atoms with Crippen molar-refractivity contribution in [3.63, 3.8) is 0 Å². The van der Waals surface area contributed by atoms with Crippen LogP contribution in [0.5, 0.6) is 0 Å². The minimum absolute atomic E-state index is 0.120. The minimum atomic E-state index is -0.614. The molecule has 8 heteroatoms. The molecule has 1 aliphatic heterocycles. The van der Waals surface area contributed by atoms with Gasteiger partial charge in [0, 0.05) is 0 Å². The van der Waals surface area contributed by atoms with Crippen molar-refractivity contribution >= 4 is 29.5 Å². The number of anilines is 1. The summed E-state index contributed by atoms with van der Waals surface area (Å²) in [7, 11) is 1.23. The molecule has 0 atom stereocenters. The molecule has 0 saturated carbocycles. The fraction of sp³-hybridized carbons (Fsp3) is 0.231. The highest BCUT2D eigenvalue weighted by Gasteiger charge is 2.30. The van der Waals surface area contributed by atoms with Crippen LogP contribution < -0.4 is 10.6 Å². The molecule has 1 aromatic rings. The van der Waals surface area contributed by atoms with Gasteiger partial charge in [-0.2, -0.15) is 0 Å². The van der Waals surface area contributed by atoms with Crippen LogP contribution in [-0.4, -0.2) is 48.9 Å². The Morgan fingerprint density at radius 1 is 1.33 bits per heavy atom. The summed E-state index contributed by atoms with van der Waals surface area (Å²) in [6, 6.07) is 5.66. The standard InChI is InChI=1S/C13H13N3O5/c1-21-12(19)8-4-2-3-5-9(8)15-10(17)7-16-11(18)6-14-13(16)20/h2-5H,6-7H2,1H3,(H,14,20)(H,15,17). The Balaban J connectivity index is 2.08. The molecule has 1 aromatic carbocycles. The molecule has 2 rings (SSSR count). The molecule has 2 N–H and O–H groups in total. The Morgan fingerprint density at radius 3 is 2.67 bits per heavy atom. The Hall–Kier alpha value is -2.90. The predicted molar refractivity (Wildman–Crippen MR) is 71.5 cm³/mol. The average Bonchev–Trinajstić information content (AvgIpc) is 2.79. The van der Waals surface area contributed by atoms with Crippen LogP contribution in [0.25, 0.3) is 0 Å². The lowest BCUT2D eigenvalue weighted by atomic mass is 10.2. The zero-order valence-corrected chi connectivity index (χ0v) is 11.2. The number of benzene rings is 1. The van der Waals surface area contributed by atoms with Crippen molar-refractivity contribution < 1.29 is 23.9 Å². The van der Waals surface area contributed by atoms with Crippen LogP contribution >= 0.6 is 0 Å². The summed E-state index contributed by atoms with van der Waals surface area (Å²) in [5.74, 6) is -1.66. The second-order valence-electron chi connectivity index (χ2n) is 4.22. The second kappa shape index (κ2) is 6.04. The molecule has 0 bridgehead atoms. The molecule has 4 amide bonds. The number of esters is 1. The molecular formula is C13H13N3O5. The maximum absolute atomic E-state index is 11.9. The van der Waals surface area contributed by atoms with E-state index in [1.54, 1.807) is 12.1 Å². The molecule has 1 aliphatic rings. The number of para-hydroxylation sites is 1. The number of nitrogens with one attached hydrogen (secondary N) is 2. The molecule has 0 aromatic heterocycles. The van der Waals surface area contributed by atoms with Crippen molar-refractivity contribution in [2.24, 2.45) is 0 Å². The lowest BCUT2D eigenvalue weighted by Crippen LogP contribution is -2.38. The first-order valence-corrected chi connectivity index (χ1v) is 6.08. The number of imide groups is 1. The molecule has 0 unspecified atom stereocenters. The van der Waals surface area contributed by atoms with E-state index in [0.29, 0.717) is 0 Å². The largest absolute Gasteiger partial charge is 0.465 e. The van der Waals surface area contributed by atoms with E-state index in [1.165, 1.54) is 19.2 Å². The summed E-state index contributed by atoms with van der Waals surface area (Å²) in [6.45, 7) is -0.537. The summed E-state index contributed by atoms with van der Waals surface area (Å²) >= 11 is 0. The van der Waals surface area contributed by atoms with Crippen LogP contribution in [0.15, 0.2) is 24.3 Å². The van der Waals surface area contributed by atoms with E-state index in [2.05, 4.69) is 15.4 Å². The van der Waals surface area contributed by atoms with Gasteiger partial charge in [-0.1, -0.05) is 12.1 Å². The number of carbonyl (C=O) groups excluding carboxylic acids is 4. The molecule has 1 saturated heterocycles. The second-order valence-corrected chi connectivity index (χ2v) is 4.22. The number of hydrogen-bond acceptors (Lipinski definition) is 5. The van der Waals surface area contributed by atoms with Crippen LogP contribution in [0, 0.1) is 0 Å². The van der Waals surface area contributed by atoms with E-state index in [1.807, 2.05) is 0 Å². The number of methoxy groups -OCH3 is 1. The zero-order chi connectivity index (χ0) is 15.4. The Labute approximate surface area is 120 Å². The Kier molecular flexibility index (Phi) is 4.17. The summed E-state index contributed by atoms with van der Waals surface area (Å²) in [6.07, 6.45) is 0. The highest BCUT2D eigenvalue weighted by Crippen LogP contribution is 2.16. The van der Waals surface area contributed by atoms with Crippen LogP contribution in [0.1, 0.15) is 10.4 Å². The first kappa shape index (κ1) is 14.5. The number of ether oxygens (including phenoxy) is 1. The molecule has 21 heavy (non-hydrogen) atoms. The third-order valence-electron chi connectivity index (χ3n) is 2.85. The van der Waals surface area contributed by atoms with Gasteiger partial charge in [-0.25, -0.2) is 9.59 Å². The molecule has 8 nitrogen and oxygen atoms in total. The van der Waals surface area contributed by atoms with Gasteiger partial charge >= 0.3 is 12.0 Å². The quantitative estimate of drug-likeness (QED) is 0.598. The zero-order valence-electron chi connectivity index (χ0n) is 11.2. The first-order chi connectivity index (χ1) is 10.0. The molecule has 1 heterocycles. The van der Waals surface area contributed by atoms with E-state index in [0.717, 1.165) is 4.90 Å². The lowest BCUT2D eigenvalue weighted by molar-refractivity contribution is -0.128. The van der Waals surface area contributed by atoms with Crippen LogP contribution in [0.2, 0.25) is 0 Å². The number of urea groups is 1. The fourth-order valence-electron chi connectivity index (χ4n) is 1.83. The summed E-state index contributed by atoms with van der Waals surface area (Å²) in [5, 5.41) is 4.79. The van der Waals surface area contributed by atoms with E-state index in [9.17, 15) is 19.2 Å². The number of rotatable bonds is 4. The predicted octanol–water partition coefficient (Wildman–Crippen LogP) is -0.0365. The molecule has 0 spiro atoms. The molecule has 0 aliphatic carbocycles. The third-order valence-corrected chi connectivity index (χ3v) is 2.85. The normalized spacial score (nSPS) is 13.9. The van der Waals surface area contributed by atoms with Gasteiger partial charge in [0.25, 0.3) is 5.91 Å². The van der Waals surface area contributed by atoms with Crippen LogP contribution in [-0.2, 0) is 14.3 Å². The Bertz CT molecular complexity index is 598. The Morgan fingerprint density at radius 2 is 2.05 bits per heavy atom. The topological polar surface area (TPSA) is 105 Å². The molecular weight excluding hydrogens is 278 g/mol. The number of carbonyl (C=O) groups is 4. The molecule has 0 radical (unpaired) electrons. The van der Waals surface area contributed by atoms with E-state index in [-0.39, 0.29) is 17.8 Å². The van der Waals surface area contributed by atoms with Gasteiger partial charge in [-0.05, 0) is 12.1 Å². The fourth-order valence-corrected chi connectivity index (χ4v) is 1.83. The van der Waals surface area contributed by atoms with Crippen LogP contribution in [0.4, 0.5) is 10.5 Å². The number of nitrogens with zero attached hydrogens (tertiary/aromatic N) is 1. The van der Waals surface area contributed by atoms with Gasteiger partial charge in [0.1, 0.15) is 6.54 Å². The first-order valence-electron chi connectivity index (χ1n) is 6.08. The highest BCUT2D eigenvalue weighted by atomic mass is 16.5. The van der Waals surface area contributed by atoms with Crippen molar-refractivity contribution in [3.8, 4) is 0 Å². The van der Waals surface area contributed by atoms with Gasteiger partial charge in [0.2, 0.25) is 5.91 Å². The van der Waals surface area contributed by atoms with E-state index in [4.69, 9.17) is 0 Å². The summed E-state index contributed by atoms with van der Waals surface area (Å²) < 4.78 is 4.61. The van der Waals surface area contributed by atoms with Gasteiger partial charge < -0.3 is 15.4 Å². The average molecular weight is 291 g/mol. The van der Waals surface area contributed by atoms with E-state index >= 15 is 0 Å². The van der Waals surface area contributed by atoms with Gasteiger partial charge in [0.05, 0.1) is 24.9 Å². The SMILES string of the molecule is COC(=O)c1ccccc1NC(=O)CN1C(=O)CNC1=O. The monoisotopic (exact) mass is 291 g/mol. The smallest absolute Gasteiger partial charge is 0.339 e. The van der Waals surface area contributed by atoms with Crippen LogP contribution in [0.3, 0.4) is 0 Å². The van der Waals surface area contributed by atoms with Gasteiger partial charge in [-0.15, -0.1) is 0 Å².